The van der Waals surface area contributed by atoms with Crippen molar-refractivity contribution in [2.24, 2.45) is 5.92 Å². The van der Waals surface area contributed by atoms with Gasteiger partial charge in [0.05, 0.1) is 5.92 Å². The van der Waals surface area contributed by atoms with E-state index >= 15 is 0 Å². The van der Waals surface area contributed by atoms with E-state index < -0.39 is 5.97 Å². The number of carbonyl (C=O) groups is 1. The molecule has 0 aromatic heterocycles. The largest absolute Gasteiger partial charge is 0.481 e. The van der Waals surface area contributed by atoms with Crippen molar-refractivity contribution in [3.63, 3.8) is 0 Å². The number of piperidine rings is 1. The van der Waals surface area contributed by atoms with E-state index in [0.29, 0.717) is 18.6 Å². The molecular weight excluding hydrogens is 228 g/mol. The van der Waals surface area contributed by atoms with E-state index in [1.807, 2.05) is 6.92 Å². The van der Waals surface area contributed by atoms with Crippen molar-refractivity contribution in [2.75, 3.05) is 26.2 Å². The van der Waals surface area contributed by atoms with Crippen molar-refractivity contribution < 1.29 is 9.90 Å². The van der Waals surface area contributed by atoms with E-state index in [-0.39, 0.29) is 5.92 Å². The number of fused-ring (bicyclic) bond motifs is 1. The van der Waals surface area contributed by atoms with Crippen molar-refractivity contribution in [3.05, 3.63) is 0 Å². The molecule has 2 rings (SSSR count). The van der Waals surface area contributed by atoms with Crippen LogP contribution in [0.4, 0.5) is 0 Å². The van der Waals surface area contributed by atoms with Crippen molar-refractivity contribution in [2.45, 2.75) is 51.6 Å². The Balaban J connectivity index is 1.97. The minimum Gasteiger partial charge on any atom is -0.481 e. The fourth-order valence-corrected chi connectivity index (χ4v) is 3.58. The SMILES string of the molecule is CCN(CC(C)C(=O)O)C1CCN2CCCCC12. The van der Waals surface area contributed by atoms with Crippen LogP contribution in [0.5, 0.6) is 0 Å². The van der Waals surface area contributed by atoms with Crippen LogP contribution in [0.2, 0.25) is 0 Å². The predicted molar refractivity (Wildman–Crippen MR) is 71.7 cm³/mol. The highest BCUT2D eigenvalue weighted by Crippen LogP contribution is 2.30. The second-order valence-corrected chi connectivity index (χ2v) is 5.78. The Kier molecular flexibility index (Phi) is 4.62. The molecular formula is C14H26N2O2. The maximum Gasteiger partial charge on any atom is 0.307 e. The zero-order chi connectivity index (χ0) is 13.1. The smallest absolute Gasteiger partial charge is 0.307 e. The summed E-state index contributed by atoms with van der Waals surface area (Å²) in [5, 5.41) is 9.06. The second kappa shape index (κ2) is 6.02. The van der Waals surface area contributed by atoms with E-state index in [1.165, 1.54) is 38.8 Å². The molecule has 2 aliphatic rings. The molecule has 18 heavy (non-hydrogen) atoms. The lowest BCUT2D eigenvalue weighted by molar-refractivity contribution is -0.142. The van der Waals surface area contributed by atoms with E-state index in [0.717, 1.165) is 6.54 Å². The van der Waals surface area contributed by atoms with Gasteiger partial charge in [-0.15, -0.1) is 0 Å². The standard InChI is InChI=1S/C14H26N2O2/c1-3-15(10-11(2)14(17)18)13-7-9-16-8-5-4-6-12(13)16/h11-13H,3-10H2,1-2H3,(H,17,18). The first-order valence-corrected chi connectivity index (χ1v) is 7.34. The van der Waals surface area contributed by atoms with Crippen molar-refractivity contribution in [1.82, 2.24) is 9.80 Å². The average molecular weight is 254 g/mol. The Morgan fingerprint density at radius 1 is 1.39 bits per heavy atom. The zero-order valence-electron chi connectivity index (χ0n) is 11.6. The summed E-state index contributed by atoms with van der Waals surface area (Å²) in [5.41, 5.74) is 0. The Hall–Kier alpha value is -0.610. The molecule has 3 unspecified atom stereocenters. The third-order valence-electron chi connectivity index (χ3n) is 4.63. The second-order valence-electron chi connectivity index (χ2n) is 5.78. The van der Waals surface area contributed by atoms with Gasteiger partial charge in [-0.1, -0.05) is 20.3 Å². The van der Waals surface area contributed by atoms with Gasteiger partial charge in [-0.3, -0.25) is 14.6 Å². The first-order valence-electron chi connectivity index (χ1n) is 7.34. The third kappa shape index (κ3) is 2.86. The van der Waals surface area contributed by atoms with Gasteiger partial charge in [0, 0.05) is 25.2 Å². The summed E-state index contributed by atoms with van der Waals surface area (Å²) in [6.45, 7) is 8.08. The first kappa shape index (κ1) is 13.8. The van der Waals surface area contributed by atoms with Crippen molar-refractivity contribution >= 4 is 5.97 Å². The molecule has 2 fully saturated rings. The highest BCUT2D eigenvalue weighted by atomic mass is 16.4. The van der Waals surface area contributed by atoms with Crippen LogP contribution in [0, 0.1) is 5.92 Å². The maximum absolute atomic E-state index is 11.0. The quantitative estimate of drug-likeness (QED) is 0.810. The normalized spacial score (nSPS) is 30.4. The molecule has 0 radical (unpaired) electrons. The highest BCUT2D eigenvalue weighted by Gasteiger charge is 2.38. The lowest BCUT2D eigenvalue weighted by Gasteiger charge is -2.38. The summed E-state index contributed by atoms with van der Waals surface area (Å²) in [6.07, 6.45) is 5.18. The summed E-state index contributed by atoms with van der Waals surface area (Å²) in [4.78, 5) is 16.0. The Bertz CT molecular complexity index is 296. The van der Waals surface area contributed by atoms with E-state index in [2.05, 4.69) is 16.7 Å². The van der Waals surface area contributed by atoms with Crippen molar-refractivity contribution in [3.8, 4) is 0 Å². The van der Waals surface area contributed by atoms with Gasteiger partial charge in [0.25, 0.3) is 0 Å². The van der Waals surface area contributed by atoms with Gasteiger partial charge >= 0.3 is 5.97 Å². The Morgan fingerprint density at radius 2 is 2.17 bits per heavy atom. The molecule has 1 N–H and O–H groups in total. The number of hydrogen-bond donors (Lipinski definition) is 1. The van der Waals surface area contributed by atoms with Gasteiger partial charge in [-0.25, -0.2) is 0 Å². The van der Waals surface area contributed by atoms with Crippen LogP contribution in [0.3, 0.4) is 0 Å². The predicted octanol–water partition coefficient (Wildman–Crippen LogP) is 1.66. The lowest BCUT2D eigenvalue weighted by atomic mass is 9.97. The molecule has 4 heteroatoms. The molecule has 0 saturated carbocycles. The van der Waals surface area contributed by atoms with Crippen LogP contribution in [0.1, 0.15) is 39.5 Å². The van der Waals surface area contributed by atoms with Gasteiger partial charge in [0.2, 0.25) is 0 Å². The molecule has 2 saturated heterocycles. The molecule has 104 valence electrons. The molecule has 3 atom stereocenters. The lowest BCUT2D eigenvalue weighted by Crippen LogP contribution is -2.48. The van der Waals surface area contributed by atoms with Gasteiger partial charge in [-0.05, 0) is 32.4 Å². The average Bonchev–Trinajstić information content (AvgIpc) is 2.79. The van der Waals surface area contributed by atoms with E-state index in [4.69, 9.17) is 5.11 Å². The molecule has 0 aliphatic carbocycles. The monoisotopic (exact) mass is 254 g/mol. The number of rotatable bonds is 5. The van der Waals surface area contributed by atoms with Crippen LogP contribution in [0.15, 0.2) is 0 Å². The number of likely N-dealkylation sites (N-methyl/N-ethyl adjacent to an activating group) is 1. The minimum atomic E-state index is -0.674. The summed E-state index contributed by atoms with van der Waals surface area (Å²) < 4.78 is 0. The number of aliphatic carboxylic acids is 1. The van der Waals surface area contributed by atoms with Crippen LogP contribution in [-0.4, -0.2) is 59.1 Å². The summed E-state index contributed by atoms with van der Waals surface area (Å²) in [6, 6.07) is 1.26. The third-order valence-corrected chi connectivity index (χ3v) is 4.63. The summed E-state index contributed by atoms with van der Waals surface area (Å²) >= 11 is 0. The van der Waals surface area contributed by atoms with Gasteiger partial charge < -0.3 is 5.11 Å². The Morgan fingerprint density at radius 3 is 2.83 bits per heavy atom. The number of nitrogens with zero attached hydrogens (tertiary/aromatic N) is 2. The molecule has 0 aromatic carbocycles. The highest BCUT2D eigenvalue weighted by molar-refractivity contribution is 5.69. The maximum atomic E-state index is 11.0. The van der Waals surface area contributed by atoms with Crippen LogP contribution < -0.4 is 0 Å². The first-order chi connectivity index (χ1) is 8.63. The molecule has 0 bridgehead atoms. The molecule has 4 nitrogen and oxygen atoms in total. The van der Waals surface area contributed by atoms with E-state index in [9.17, 15) is 4.79 Å². The molecule has 0 spiro atoms. The summed E-state index contributed by atoms with van der Waals surface area (Å²) in [7, 11) is 0. The van der Waals surface area contributed by atoms with Crippen LogP contribution in [-0.2, 0) is 4.79 Å². The minimum absolute atomic E-state index is 0.261. The topological polar surface area (TPSA) is 43.8 Å². The molecule has 0 aromatic rings. The van der Waals surface area contributed by atoms with Gasteiger partial charge in [0.1, 0.15) is 0 Å². The van der Waals surface area contributed by atoms with E-state index in [1.54, 1.807) is 0 Å². The van der Waals surface area contributed by atoms with Gasteiger partial charge in [0.15, 0.2) is 0 Å². The number of carboxylic acid groups (broad SMARTS) is 1. The molecule has 2 aliphatic heterocycles. The van der Waals surface area contributed by atoms with Gasteiger partial charge in [-0.2, -0.15) is 0 Å². The molecule has 2 heterocycles. The fraction of sp³-hybridized carbons (Fsp3) is 0.929. The number of carboxylic acids is 1. The number of hydrogen-bond acceptors (Lipinski definition) is 3. The van der Waals surface area contributed by atoms with Crippen molar-refractivity contribution in [1.29, 1.82) is 0 Å². The summed E-state index contributed by atoms with van der Waals surface area (Å²) in [5.74, 6) is -0.936. The Labute approximate surface area is 110 Å². The van der Waals surface area contributed by atoms with Crippen LogP contribution >= 0.6 is 0 Å². The zero-order valence-corrected chi connectivity index (χ0v) is 11.6. The van der Waals surface area contributed by atoms with Crippen LogP contribution in [0.25, 0.3) is 0 Å². The fourth-order valence-electron chi connectivity index (χ4n) is 3.58. The molecule has 0 amide bonds.